The van der Waals surface area contributed by atoms with E-state index >= 15 is 0 Å². The van der Waals surface area contributed by atoms with Crippen molar-refractivity contribution in [2.75, 3.05) is 13.7 Å². The highest BCUT2D eigenvalue weighted by molar-refractivity contribution is 5.89. The predicted molar refractivity (Wildman–Crippen MR) is 106 cm³/mol. The zero-order chi connectivity index (χ0) is 21.9. The summed E-state index contributed by atoms with van der Waals surface area (Å²) < 4.78 is 9.75. The smallest absolute Gasteiger partial charge is 0.408 e. The van der Waals surface area contributed by atoms with Crippen LogP contribution >= 0.6 is 0 Å². The Morgan fingerprint density at radius 3 is 2.20 bits per heavy atom. The molecule has 0 saturated heterocycles. The highest BCUT2D eigenvalue weighted by atomic mass is 16.5. The molecule has 0 aliphatic heterocycles. The average molecular weight is 416 g/mol. The van der Waals surface area contributed by atoms with Crippen LogP contribution in [0.4, 0.5) is 4.79 Å². The lowest BCUT2D eigenvalue weighted by Crippen LogP contribution is -2.54. The first-order valence-electron chi connectivity index (χ1n) is 9.17. The Morgan fingerprint density at radius 2 is 1.60 bits per heavy atom. The first-order chi connectivity index (χ1) is 14.4. The average Bonchev–Trinajstić information content (AvgIpc) is 2.77. The third-order valence-electron chi connectivity index (χ3n) is 4.18. The number of methoxy groups -OCH3 is 1. The molecule has 2 rings (SSSR count). The molecule has 0 fully saturated rings. The third-order valence-corrected chi connectivity index (χ3v) is 4.18. The maximum atomic E-state index is 12.5. The molecule has 2 amide bonds. The number of hydrogen-bond donors (Lipinski definition) is 4. The maximum Gasteiger partial charge on any atom is 0.408 e. The molecule has 0 radical (unpaired) electrons. The zero-order valence-electron chi connectivity index (χ0n) is 16.4. The van der Waals surface area contributed by atoms with Gasteiger partial charge in [0.15, 0.2) is 0 Å². The van der Waals surface area contributed by atoms with Crippen molar-refractivity contribution in [1.29, 1.82) is 0 Å². The molecule has 4 N–H and O–H groups in total. The van der Waals surface area contributed by atoms with Crippen molar-refractivity contribution in [2.24, 2.45) is 0 Å². The van der Waals surface area contributed by atoms with Gasteiger partial charge in [-0.15, -0.1) is 0 Å². The Balaban J connectivity index is 1.94. The van der Waals surface area contributed by atoms with Crippen molar-refractivity contribution in [2.45, 2.75) is 25.1 Å². The highest BCUT2D eigenvalue weighted by Crippen LogP contribution is 2.12. The van der Waals surface area contributed by atoms with E-state index in [0.29, 0.717) is 5.56 Å². The van der Waals surface area contributed by atoms with Crippen LogP contribution in [0.5, 0.6) is 5.75 Å². The molecule has 2 aromatic rings. The van der Waals surface area contributed by atoms with Crippen LogP contribution in [0.15, 0.2) is 54.6 Å². The summed E-state index contributed by atoms with van der Waals surface area (Å²) in [5.41, 5.74) is 1.43. The molecule has 9 heteroatoms. The Bertz CT molecular complexity index is 840. The monoisotopic (exact) mass is 416 g/mol. The molecule has 2 unspecified atom stereocenters. The lowest BCUT2D eigenvalue weighted by molar-refractivity contribution is -0.145. The fraction of sp³-hybridized carbons (Fsp3) is 0.286. The Hall–Kier alpha value is -3.59. The number of amides is 2. The number of aliphatic hydroxyl groups excluding tert-OH is 1. The number of phenols is 1. The number of rotatable bonds is 9. The largest absolute Gasteiger partial charge is 0.508 e. The normalized spacial score (nSPS) is 12.3. The van der Waals surface area contributed by atoms with Gasteiger partial charge < -0.3 is 30.3 Å². The second-order valence-electron chi connectivity index (χ2n) is 6.40. The summed E-state index contributed by atoms with van der Waals surface area (Å²) in [6.45, 7) is -0.697. The van der Waals surface area contributed by atoms with Crippen molar-refractivity contribution in [3.05, 3.63) is 65.7 Å². The van der Waals surface area contributed by atoms with Crippen LogP contribution in [0.2, 0.25) is 0 Å². The topological polar surface area (TPSA) is 134 Å². The number of nitrogens with one attached hydrogen (secondary N) is 2. The molecule has 0 spiro atoms. The van der Waals surface area contributed by atoms with E-state index in [1.807, 2.05) is 6.07 Å². The van der Waals surface area contributed by atoms with Crippen molar-refractivity contribution in [3.8, 4) is 5.75 Å². The van der Waals surface area contributed by atoms with Gasteiger partial charge in [-0.2, -0.15) is 0 Å². The van der Waals surface area contributed by atoms with Gasteiger partial charge in [-0.05, 0) is 23.3 Å². The molecule has 0 aliphatic carbocycles. The summed E-state index contributed by atoms with van der Waals surface area (Å²) in [6, 6.07) is 12.7. The minimum absolute atomic E-state index is 0.00191. The summed E-state index contributed by atoms with van der Waals surface area (Å²) in [4.78, 5) is 36.5. The number of hydrogen-bond acceptors (Lipinski definition) is 7. The summed E-state index contributed by atoms with van der Waals surface area (Å²) >= 11 is 0. The maximum absolute atomic E-state index is 12.5. The number of alkyl carbamates (subject to hydrolysis) is 1. The lowest BCUT2D eigenvalue weighted by atomic mass is 10.1. The first-order valence-corrected chi connectivity index (χ1v) is 9.17. The van der Waals surface area contributed by atoms with E-state index in [1.165, 1.54) is 19.2 Å². The molecule has 0 heterocycles. The molecule has 0 saturated carbocycles. The molecular formula is C21H24N2O7. The van der Waals surface area contributed by atoms with E-state index in [2.05, 4.69) is 10.6 Å². The van der Waals surface area contributed by atoms with Crippen molar-refractivity contribution in [1.82, 2.24) is 10.6 Å². The summed E-state index contributed by atoms with van der Waals surface area (Å²) in [7, 11) is 1.18. The molecule has 2 atom stereocenters. The second-order valence-corrected chi connectivity index (χ2v) is 6.40. The number of aliphatic hydroxyl groups is 1. The quantitative estimate of drug-likeness (QED) is 0.446. The third kappa shape index (κ3) is 7.10. The lowest BCUT2D eigenvalue weighted by Gasteiger charge is -2.21. The van der Waals surface area contributed by atoms with Gasteiger partial charge in [0.1, 0.15) is 24.4 Å². The molecule has 30 heavy (non-hydrogen) atoms. The van der Waals surface area contributed by atoms with Crippen molar-refractivity contribution in [3.63, 3.8) is 0 Å². The number of phenolic OH excluding ortho intramolecular Hbond substituents is 1. The second kappa shape index (κ2) is 11.4. The van der Waals surface area contributed by atoms with Gasteiger partial charge in [-0.3, -0.25) is 4.79 Å². The van der Waals surface area contributed by atoms with E-state index in [4.69, 9.17) is 9.47 Å². The van der Waals surface area contributed by atoms with Crippen molar-refractivity contribution < 1.29 is 34.1 Å². The van der Waals surface area contributed by atoms with Crippen LogP contribution in [0.25, 0.3) is 0 Å². The first kappa shape index (κ1) is 22.7. The SMILES string of the molecule is COC(=O)C(Cc1ccc(O)cc1)NC(=O)C(CO)NC(=O)OCc1ccccc1. The van der Waals surface area contributed by atoms with Crippen LogP contribution in [0, 0.1) is 0 Å². The fourth-order valence-corrected chi connectivity index (χ4v) is 2.58. The molecule has 0 bridgehead atoms. The van der Waals surface area contributed by atoms with Crippen LogP contribution in [0.1, 0.15) is 11.1 Å². The van der Waals surface area contributed by atoms with E-state index < -0.39 is 36.7 Å². The minimum Gasteiger partial charge on any atom is -0.508 e. The van der Waals surface area contributed by atoms with E-state index in [9.17, 15) is 24.6 Å². The van der Waals surface area contributed by atoms with Crippen LogP contribution in [-0.2, 0) is 32.1 Å². The number of esters is 1. The molecule has 9 nitrogen and oxygen atoms in total. The van der Waals surface area contributed by atoms with E-state index in [1.54, 1.807) is 36.4 Å². The summed E-state index contributed by atoms with van der Waals surface area (Å²) in [5.74, 6) is -1.40. The van der Waals surface area contributed by atoms with Gasteiger partial charge in [0.2, 0.25) is 5.91 Å². The summed E-state index contributed by atoms with van der Waals surface area (Å²) in [5, 5.41) is 23.6. The number of carbonyl (C=O) groups excluding carboxylic acids is 3. The molecule has 0 aliphatic rings. The summed E-state index contributed by atoms with van der Waals surface area (Å²) in [6.07, 6.45) is -0.795. The fourth-order valence-electron chi connectivity index (χ4n) is 2.58. The number of carbonyl (C=O) groups is 3. The van der Waals surface area contributed by atoms with Crippen LogP contribution in [0.3, 0.4) is 0 Å². The van der Waals surface area contributed by atoms with Crippen molar-refractivity contribution >= 4 is 18.0 Å². The zero-order valence-corrected chi connectivity index (χ0v) is 16.4. The van der Waals surface area contributed by atoms with Gasteiger partial charge in [-0.1, -0.05) is 42.5 Å². The molecular weight excluding hydrogens is 392 g/mol. The van der Waals surface area contributed by atoms with E-state index in [0.717, 1.165) is 5.56 Å². The minimum atomic E-state index is -1.32. The van der Waals surface area contributed by atoms with Gasteiger partial charge in [0, 0.05) is 6.42 Å². The van der Waals surface area contributed by atoms with Gasteiger partial charge >= 0.3 is 12.1 Å². The Labute approximate surface area is 173 Å². The standard InChI is InChI=1S/C21H24N2O7/c1-29-20(27)17(11-14-7-9-16(25)10-8-14)22-19(26)18(12-24)23-21(28)30-13-15-5-3-2-4-6-15/h2-10,17-18,24-25H,11-13H2,1H3,(H,22,26)(H,23,28). The number of aromatic hydroxyl groups is 1. The molecule has 160 valence electrons. The van der Waals surface area contributed by atoms with Crippen LogP contribution in [-0.4, -0.2) is 54.0 Å². The van der Waals surface area contributed by atoms with E-state index in [-0.39, 0.29) is 18.8 Å². The number of benzene rings is 2. The highest BCUT2D eigenvalue weighted by Gasteiger charge is 2.27. The Kier molecular flexibility index (Phi) is 8.64. The number of ether oxygens (including phenoxy) is 2. The van der Waals surface area contributed by atoms with Crippen LogP contribution < -0.4 is 10.6 Å². The predicted octanol–water partition coefficient (Wildman–Crippen LogP) is 0.880. The molecule has 2 aromatic carbocycles. The Morgan fingerprint density at radius 1 is 0.933 bits per heavy atom. The van der Waals surface area contributed by atoms with Gasteiger partial charge in [-0.25, -0.2) is 9.59 Å². The molecule has 0 aromatic heterocycles. The van der Waals surface area contributed by atoms with Gasteiger partial charge in [0.25, 0.3) is 0 Å². The van der Waals surface area contributed by atoms with Gasteiger partial charge in [0.05, 0.1) is 13.7 Å².